The Bertz CT molecular complexity index is 197. The molecule has 100 valence electrons. The van der Waals surface area contributed by atoms with Gasteiger partial charge in [-0.25, -0.2) is 0 Å². The summed E-state index contributed by atoms with van der Waals surface area (Å²) in [5.41, 5.74) is 0.790. The minimum Gasteiger partial charge on any atom is -0.501 e. The van der Waals surface area contributed by atoms with E-state index in [9.17, 15) is 4.79 Å². The van der Waals surface area contributed by atoms with Crippen molar-refractivity contribution in [3.05, 3.63) is 11.8 Å². The first-order valence-corrected chi connectivity index (χ1v) is 7.11. The van der Waals surface area contributed by atoms with Gasteiger partial charge in [0.1, 0.15) is 6.29 Å². The zero-order chi connectivity index (χ0) is 12.8. The van der Waals surface area contributed by atoms with Crippen LogP contribution in [0.15, 0.2) is 11.8 Å². The van der Waals surface area contributed by atoms with E-state index in [2.05, 4.69) is 6.92 Å². The molecule has 0 aromatic rings. The van der Waals surface area contributed by atoms with Crippen LogP contribution in [0.1, 0.15) is 71.6 Å². The quantitative estimate of drug-likeness (QED) is 0.215. The van der Waals surface area contributed by atoms with Crippen molar-refractivity contribution in [3.63, 3.8) is 0 Å². The smallest absolute Gasteiger partial charge is 0.149 e. The third-order valence-corrected chi connectivity index (χ3v) is 2.87. The molecule has 0 saturated heterocycles. The summed E-state index contributed by atoms with van der Waals surface area (Å²) in [4.78, 5) is 10.7. The lowest BCUT2D eigenvalue weighted by atomic mass is 10.1. The summed E-state index contributed by atoms with van der Waals surface area (Å²) in [6.45, 7) is 4.80. The van der Waals surface area contributed by atoms with E-state index in [-0.39, 0.29) is 0 Å². The molecule has 0 atom stereocenters. The molecule has 0 aliphatic rings. The highest BCUT2D eigenvalue weighted by atomic mass is 16.5. The molecule has 0 amide bonds. The molecule has 0 saturated carbocycles. The van der Waals surface area contributed by atoms with Crippen LogP contribution < -0.4 is 0 Å². The first-order chi connectivity index (χ1) is 8.35. The molecule has 2 heteroatoms. The second-order valence-electron chi connectivity index (χ2n) is 4.49. The normalized spacial score (nSPS) is 11.5. The van der Waals surface area contributed by atoms with Crippen molar-refractivity contribution in [1.82, 2.24) is 0 Å². The fourth-order valence-corrected chi connectivity index (χ4v) is 1.80. The molecule has 0 spiro atoms. The minimum absolute atomic E-state index is 0.634. The van der Waals surface area contributed by atoms with E-state index < -0.39 is 0 Å². The summed E-state index contributed by atoms with van der Waals surface area (Å²) in [6, 6.07) is 0. The number of hydrogen-bond acceptors (Lipinski definition) is 2. The summed E-state index contributed by atoms with van der Waals surface area (Å²) in [7, 11) is 0. The summed E-state index contributed by atoms with van der Waals surface area (Å²) < 4.78 is 5.12. The molecular weight excluding hydrogens is 212 g/mol. The van der Waals surface area contributed by atoms with E-state index >= 15 is 0 Å². The fraction of sp³-hybridized carbons (Fsp3) is 0.800. The number of ether oxygens (including phenoxy) is 1. The highest BCUT2D eigenvalue weighted by Crippen LogP contribution is 2.12. The van der Waals surface area contributed by atoms with Crippen LogP contribution in [-0.4, -0.2) is 12.9 Å². The van der Waals surface area contributed by atoms with Gasteiger partial charge >= 0.3 is 0 Å². The molecule has 0 aliphatic heterocycles. The van der Waals surface area contributed by atoms with Crippen molar-refractivity contribution in [2.45, 2.75) is 71.6 Å². The number of unbranched alkanes of at least 4 members (excludes halogenated alkanes) is 7. The van der Waals surface area contributed by atoms with Crippen molar-refractivity contribution in [2.75, 3.05) is 6.61 Å². The maximum Gasteiger partial charge on any atom is 0.149 e. The van der Waals surface area contributed by atoms with Crippen LogP contribution in [0.5, 0.6) is 0 Å². The predicted molar refractivity (Wildman–Crippen MR) is 73.0 cm³/mol. The molecular formula is C15H28O2. The van der Waals surface area contributed by atoms with Crippen LogP contribution >= 0.6 is 0 Å². The van der Waals surface area contributed by atoms with Crippen molar-refractivity contribution in [1.29, 1.82) is 0 Å². The Hall–Kier alpha value is -0.790. The summed E-state index contributed by atoms with van der Waals surface area (Å²) in [5, 5.41) is 0. The van der Waals surface area contributed by atoms with Crippen LogP contribution in [0.2, 0.25) is 0 Å². The lowest BCUT2D eigenvalue weighted by molar-refractivity contribution is -0.105. The van der Waals surface area contributed by atoms with Crippen LogP contribution in [0, 0.1) is 0 Å². The van der Waals surface area contributed by atoms with E-state index in [0.29, 0.717) is 6.61 Å². The van der Waals surface area contributed by atoms with Crippen molar-refractivity contribution in [2.24, 2.45) is 0 Å². The Morgan fingerprint density at radius 1 is 0.941 bits per heavy atom. The summed E-state index contributed by atoms with van der Waals surface area (Å²) in [6.07, 6.45) is 13.8. The molecule has 0 radical (unpaired) electrons. The predicted octanol–water partition coefficient (Wildman–Crippen LogP) is 4.64. The Morgan fingerprint density at radius 3 is 2.06 bits per heavy atom. The molecule has 0 N–H and O–H groups in total. The number of rotatable bonds is 12. The van der Waals surface area contributed by atoms with Gasteiger partial charge in [0.2, 0.25) is 0 Å². The molecule has 0 fully saturated rings. The zero-order valence-corrected chi connectivity index (χ0v) is 11.5. The lowest BCUT2D eigenvalue weighted by Crippen LogP contribution is -1.89. The first kappa shape index (κ1) is 16.2. The van der Waals surface area contributed by atoms with Crippen molar-refractivity contribution < 1.29 is 9.53 Å². The van der Waals surface area contributed by atoms with Crippen LogP contribution in [0.25, 0.3) is 0 Å². The molecule has 0 rings (SSSR count). The topological polar surface area (TPSA) is 26.3 Å². The zero-order valence-electron chi connectivity index (χ0n) is 11.5. The molecule has 0 bridgehead atoms. The molecule has 2 nitrogen and oxygen atoms in total. The lowest BCUT2D eigenvalue weighted by Gasteiger charge is -2.02. The third kappa shape index (κ3) is 11.5. The Morgan fingerprint density at radius 2 is 1.53 bits per heavy atom. The van der Waals surface area contributed by atoms with Gasteiger partial charge in [-0.15, -0.1) is 0 Å². The number of carbonyl (C=O) groups excluding carboxylic acids is 1. The van der Waals surface area contributed by atoms with Crippen LogP contribution in [0.4, 0.5) is 0 Å². The molecule has 0 aromatic carbocycles. The van der Waals surface area contributed by atoms with Gasteiger partial charge in [-0.05, 0) is 19.8 Å². The second kappa shape index (κ2) is 13.3. The minimum atomic E-state index is 0.634. The van der Waals surface area contributed by atoms with Gasteiger partial charge in [0.15, 0.2) is 0 Å². The van der Waals surface area contributed by atoms with E-state index in [1.165, 1.54) is 44.9 Å². The van der Waals surface area contributed by atoms with E-state index in [1.807, 2.05) is 6.92 Å². The largest absolute Gasteiger partial charge is 0.501 e. The molecule has 0 aromatic heterocycles. The third-order valence-electron chi connectivity index (χ3n) is 2.87. The van der Waals surface area contributed by atoms with Gasteiger partial charge in [0, 0.05) is 5.57 Å². The van der Waals surface area contributed by atoms with Crippen molar-refractivity contribution in [3.8, 4) is 0 Å². The molecule has 0 unspecified atom stereocenters. The van der Waals surface area contributed by atoms with Crippen molar-refractivity contribution >= 4 is 6.29 Å². The summed E-state index contributed by atoms with van der Waals surface area (Å²) >= 11 is 0. The van der Waals surface area contributed by atoms with E-state index in [4.69, 9.17) is 4.74 Å². The highest BCUT2D eigenvalue weighted by molar-refractivity contribution is 5.72. The Kier molecular flexibility index (Phi) is 12.7. The molecule has 0 heterocycles. The van der Waals surface area contributed by atoms with Gasteiger partial charge < -0.3 is 4.74 Å². The Balaban J connectivity index is 3.34. The first-order valence-electron chi connectivity index (χ1n) is 7.11. The van der Waals surface area contributed by atoms with E-state index in [1.54, 1.807) is 6.26 Å². The SMILES string of the molecule is CCCCCCCCCCC(C=O)=COCC. The van der Waals surface area contributed by atoms with Gasteiger partial charge in [0.25, 0.3) is 0 Å². The van der Waals surface area contributed by atoms with Gasteiger partial charge in [-0.2, -0.15) is 0 Å². The monoisotopic (exact) mass is 240 g/mol. The fourth-order valence-electron chi connectivity index (χ4n) is 1.80. The number of carbonyl (C=O) groups is 1. The maximum atomic E-state index is 10.7. The average molecular weight is 240 g/mol. The number of allylic oxidation sites excluding steroid dienone is 1. The molecule has 0 aliphatic carbocycles. The highest BCUT2D eigenvalue weighted by Gasteiger charge is 1.97. The van der Waals surface area contributed by atoms with Crippen LogP contribution in [0.3, 0.4) is 0 Å². The van der Waals surface area contributed by atoms with Crippen LogP contribution in [-0.2, 0) is 9.53 Å². The number of aldehydes is 1. The standard InChI is InChI=1S/C15H28O2/c1-3-5-6-7-8-9-10-11-12-15(13-16)14-17-4-2/h13-14H,3-12H2,1-2H3. The average Bonchev–Trinajstić information content (AvgIpc) is 2.36. The maximum absolute atomic E-state index is 10.7. The van der Waals surface area contributed by atoms with E-state index in [0.717, 1.165) is 24.7 Å². The molecule has 17 heavy (non-hydrogen) atoms. The van der Waals surface area contributed by atoms with Gasteiger partial charge in [-0.1, -0.05) is 51.9 Å². The van der Waals surface area contributed by atoms with Gasteiger partial charge in [-0.3, -0.25) is 4.79 Å². The second-order valence-corrected chi connectivity index (χ2v) is 4.49. The summed E-state index contributed by atoms with van der Waals surface area (Å²) in [5.74, 6) is 0. The Labute approximate surface area is 106 Å². The van der Waals surface area contributed by atoms with Gasteiger partial charge in [0.05, 0.1) is 12.9 Å². The number of hydrogen-bond donors (Lipinski definition) is 0.